The lowest BCUT2D eigenvalue weighted by molar-refractivity contribution is 0.0733. The maximum absolute atomic E-state index is 13.0. The molecule has 1 aliphatic heterocycles. The van der Waals surface area contributed by atoms with Gasteiger partial charge in [-0.3, -0.25) is 9.78 Å². The fourth-order valence-electron chi connectivity index (χ4n) is 3.39. The molecule has 1 amide bonds. The monoisotopic (exact) mass is 375 g/mol. The van der Waals surface area contributed by atoms with Crippen LogP contribution in [0, 0.1) is 0 Å². The largest absolute Gasteiger partial charge is 0.330 e. The van der Waals surface area contributed by atoms with Crippen LogP contribution < -0.4 is 0 Å². The summed E-state index contributed by atoms with van der Waals surface area (Å²) in [5, 5.41) is 1.01. The Morgan fingerprint density at radius 3 is 2.48 bits per heavy atom. The fraction of sp³-hybridized carbons (Fsp3) is 0.227. The molecule has 0 bridgehead atoms. The van der Waals surface area contributed by atoms with Crippen LogP contribution in [-0.2, 0) is 5.75 Å². The molecule has 5 heteroatoms. The van der Waals surface area contributed by atoms with Crippen molar-refractivity contribution < 1.29 is 4.79 Å². The first kappa shape index (κ1) is 17.7. The van der Waals surface area contributed by atoms with E-state index in [0.717, 1.165) is 41.4 Å². The Morgan fingerprint density at radius 1 is 1.00 bits per heavy atom. The minimum atomic E-state index is 0.0816. The smallest absolute Gasteiger partial charge is 0.254 e. The Labute approximate surface area is 163 Å². The van der Waals surface area contributed by atoms with E-state index in [9.17, 15) is 4.79 Å². The topological polar surface area (TPSA) is 46.1 Å². The van der Waals surface area contributed by atoms with E-state index >= 15 is 0 Å². The average Bonchev–Trinajstić information content (AvgIpc) is 3.23. The van der Waals surface area contributed by atoms with Crippen molar-refractivity contribution in [3.05, 3.63) is 89.9 Å². The van der Waals surface area contributed by atoms with Gasteiger partial charge in [0.2, 0.25) is 0 Å². The minimum absolute atomic E-state index is 0.0816. The normalized spacial score (nSPS) is 16.4. The summed E-state index contributed by atoms with van der Waals surface area (Å²) in [6.07, 6.45) is 5.59. The van der Waals surface area contributed by atoms with Crippen LogP contribution in [0.3, 0.4) is 0 Å². The standard InChI is InChI=1S/C22H21N3OS/c26-22(25-15-5-7-20(25)19-6-1-3-13-23-19)18-11-9-17(10-12-18)16-27-21-8-2-4-14-24-21/h1-4,6,8-14,20H,5,7,15-16H2/t20-/m1/s1. The van der Waals surface area contributed by atoms with E-state index in [0.29, 0.717) is 0 Å². The summed E-state index contributed by atoms with van der Waals surface area (Å²) >= 11 is 1.70. The summed E-state index contributed by atoms with van der Waals surface area (Å²) in [5.74, 6) is 0.929. The van der Waals surface area contributed by atoms with Gasteiger partial charge in [-0.2, -0.15) is 0 Å². The second-order valence-electron chi connectivity index (χ2n) is 6.56. The quantitative estimate of drug-likeness (QED) is 0.604. The molecule has 0 radical (unpaired) electrons. The number of benzene rings is 1. The summed E-state index contributed by atoms with van der Waals surface area (Å²) in [7, 11) is 0. The lowest BCUT2D eigenvalue weighted by Gasteiger charge is -2.24. The second kappa shape index (κ2) is 8.35. The Bertz CT molecular complexity index is 884. The van der Waals surface area contributed by atoms with Crippen LogP contribution in [0.25, 0.3) is 0 Å². The Morgan fingerprint density at radius 2 is 1.78 bits per heavy atom. The molecule has 3 heterocycles. The summed E-state index contributed by atoms with van der Waals surface area (Å²) in [5.41, 5.74) is 2.90. The van der Waals surface area contributed by atoms with Crippen LogP contribution in [0.2, 0.25) is 0 Å². The van der Waals surface area contributed by atoms with Gasteiger partial charge in [0, 0.05) is 30.3 Å². The summed E-state index contributed by atoms with van der Waals surface area (Å²) < 4.78 is 0. The van der Waals surface area contributed by atoms with Crippen LogP contribution in [0.4, 0.5) is 0 Å². The number of likely N-dealkylation sites (tertiary alicyclic amines) is 1. The highest BCUT2D eigenvalue weighted by Crippen LogP contribution is 2.32. The van der Waals surface area contributed by atoms with Crippen molar-refractivity contribution >= 4 is 17.7 Å². The van der Waals surface area contributed by atoms with Gasteiger partial charge in [0.25, 0.3) is 5.91 Å². The zero-order valence-electron chi connectivity index (χ0n) is 15.0. The molecule has 2 aromatic heterocycles. The van der Waals surface area contributed by atoms with E-state index in [1.54, 1.807) is 24.2 Å². The molecular weight excluding hydrogens is 354 g/mol. The third-order valence-electron chi connectivity index (χ3n) is 4.77. The maximum Gasteiger partial charge on any atom is 0.254 e. The van der Waals surface area contributed by atoms with E-state index in [4.69, 9.17) is 0 Å². The van der Waals surface area contributed by atoms with Crippen LogP contribution in [-0.4, -0.2) is 27.3 Å². The van der Waals surface area contributed by atoms with Gasteiger partial charge in [0.05, 0.1) is 16.8 Å². The van der Waals surface area contributed by atoms with Gasteiger partial charge in [-0.25, -0.2) is 4.98 Å². The van der Waals surface area contributed by atoms with Gasteiger partial charge in [-0.1, -0.05) is 24.3 Å². The average molecular weight is 375 g/mol. The first-order valence-electron chi connectivity index (χ1n) is 9.16. The molecule has 1 saturated heterocycles. The van der Waals surface area contributed by atoms with E-state index < -0.39 is 0 Å². The number of rotatable bonds is 5. The Balaban J connectivity index is 1.43. The van der Waals surface area contributed by atoms with Gasteiger partial charge in [0.15, 0.2) is 0 Å². The lowest BCUT2D eigenvalue weighted by atomic mass is 10.1. The number of thioether (sulfide) groups is 1. The molecular formula is C22H21N3OS. The number of amides is 1. The molecule has 1 atom stereocenters. The molecule has 4 nitrogen and oxygen atoms in total. The van der Waals surface area contributed by atoms with Gasteiger partial charge in [-0.15, -0.1) is 11.8 Å². The predicted molar refractivity (Wildman–Crippen MR) is 107 cm³/mol. The molecule has 136 valence electrons. The van der Waals surface area contributed by atoms with Gasteiger partial charge in [0.1, 0.15) is 0 Å². The van der Waals surface area contributed by atoms with Crippen LogP contribution in [0.1, 0.15) is 40.5 Å². The molecule has 0 spiro atoms. The first-order valence-corrected chi connectivity index (χ1v) is 10.1. The van der Waals surface area contributed by atoms with E-state index in [1.807, 2.05) is 65.6 Å². The molecule has 4 rings (SSSR count). The molecule has 3 aromatic rings. The number of pyridine rings is 2. The molecule has 0 aliphatic carbocycles. The van der Waals surface area contributed by atoms with Crippen molar-refractivity contribution in [1.82, 2.24) is 14.9 Å². The third kappa shape index (κ3) is 4.19. The number of hydrogen-bond acceptors (Lipinski definition) is 4. The van der Waals surface area contributed by atoms with E-state index in [-0.39, 0.29) is 11.9 Å². The van der Waals surface area contributed by atoms with Crippen molar-refractivity contribution in [3.8, 4) is 0 Å². The Hall–Kier alpha value is -2.66. The number of carbonyl (C=O) groups is 1. The van der Waals surface area contributed by atoms with Gasteiger partial charge < -0.3 is 4.90 Å². The van der Waals surface area contributed by atoms with Crippen LogP contribution in [0.15, 0.2) is 78.1 Å². The number of aromatic nitrogens is 2. The lowest BCUT2D eigenvalue weighted by Crippen LogP contribution is -2.30. The minimum Gasteiger partial charge on any atom is -0.330 e. The highest BCUT2D eigenvalue weighted by Gasteiger charge is 2.31. The molecule has 0 N–H and O–H groups in total. The SMILES string of the molecule is O=C(c1ccc(CSc2ccccn2)cc1)N1CCC[C@@H]1c1ccccn1. The summed E-state index contributed by atoms with van der Waals surface area (Å²) in [6.45, 7) is 0.789. The first-order chi connectivity index (χ1) is 13.3. The van der Waals surface area contributed by atoms with Crippen molar-refractivity contribution in [2.24, 2.45) is 0 Å². The van der Waals surface area contributed by atoms with Crippen LogP contribution in [0.5, 0.6) is 0 Å². The highest BCUT2D eigenvalue weighted by atomic mass is 32.2. The fourth-order valence-corrected chi connectivity index (χ4v) is 4.21. The molecule has 1 fully saturated rings. The number of nitrogens with zero attached hydrogens (tertiary/aromatic N) is 3. The predicted octanol–water partition coefficient (Wildman–Crippen LogP) is 4.75. The molecule has 27 heavy (non-hydrogen) atoms. The molecule has 1 aromatic carbocycles. The van der Waals surface area contributed by atoms with E-state index in [1.165, 1.54) is 5.56 Å². The summed E-state index contributed by atoms with van der Waals surface area (Å²) in [6, 6.07) is 19.8. The molecule has 1 aliphatic rings. The van der Waals surface area contributed by atoms with Gasteiger partial charge in [-0.05, 0) is 54.8 Å². The van der Waals surface area contributed by atoms with Crippen molar-refractivity contribution in [1.29, 1.82) is 0 Å². The van der Waals surface area contributed by atoms with Crippen molar-refractivity contribution in [2.75, 3.05) is 6.54 Å². The summed E-state index contributed by atoms with van der Waals surface area (Å²) in [4.78, 5) is 23.7. The Kier molecular flexibility index (Phi) is 5.49. The van der Waals surface area contributed by atoms with E-state index in [2.05, 4.69) is 9.97 Å². The number of hydrogen-bond donors (Lipinski definition) is 0. The molecule has 0 unspecified atom stereocenters. The third-order valence-corrected chi connectivity index (χ3v) is 5.78. The van der Waals surface area contributed by atoms with Crippen molar-refractivity contribution in [3.63, 3.8) is 0 Å². The zero-order valence-corrected chi connectivity index (χ0v) is 15.8. The highest BCUT2D eigenvalue weighted by molar-refractivity contribution is 7.98. The zero-order chi connectivity index (χ0) is 18.5. The van der Waals surface area contributed by atoms with Gasteiger partial charge >= 0.3 is 0 Å². The maximum atomic E-state index is 13.0. The molecule has 0 saturated carbocycles. The van der Waals surface area contributed by atoms with Crippen molar-refractivity contribution in [2.45, 2.75) is 29.7 Å². The second-order valence-corrected chi connectivity index (χ2v) is 7.56. The number of carbonyl (C=O) groups excluding carboxylic acids is 1. The van der Waals surface area contributed by atoms with Crippen LogP contribution >= 0.6 is 11.8 Å².